The van der Waals surface area contributed by atoms with Crippen LogP contribution in [0.5, 0.6) is 0 Å². The summed E-state index contributed by atoms with van der Waals surface area (Å²) >= 11 is 1.27. The normalized spacial score (nSPS) is 15.5. The molecule has 0 saturated carbocycles. The van der Waals surface area contributed by atoms with E-state index in [1.165, 1.54) is 29.5 Å². The summed E-state index contributed by atoms with van der Waals surface area (Å²) in [5, 5.41) is 11.1. The molecule has 1 aliphatic heterocycles. The number of nitrogens with zero attached hydrogens (tertiary/aromatic N) is 4. The molecule has 0 radical (unpaired) electrons. The van der Waals surface area contributed by atoms with Crippen molar-refractivity contribution in [3.8, 4) is 10.6 Å². The zero-order valence-electron chi connectivity index (χ0n) is 22.1. The van der Waals surface area contributed by atoms with Crippen LogP contribution in [0.3, 0.4) is 0 Å². The number of anilines is 3. The van der Waals surface area contributed by atoms with E-state index in [4.69, 9.17) is 5.14 Å². The third-order valence-electron chi connectivity index (χ3n) is 6.50. The van der Waals surface area contributed by atoms with E-state index in [-0.39, 0.29) is 34.3 Å². The number of hydrogen-bond acceptors (Lipinski definition) is 10. The summed E-state index contributed by atoms with van der Waals surface area (Å²) in [5.41, 5.74) is 2.80. The van der Waals surface area contributed by atoms with E-state index in [1.807, 2.05) is 36.2 Å². The van der Waals surface area contributed by atoms with Gasteiger partial charge in [-0.2, -0.15) is 0 Å². The van der Waals surface area contributed by atoms with E-state index in [9.17, 15) is 22.4 Å². The Labute approximate surface area is 239 Å². The Bertz CT molecular complexity index is 1760. The van der Waals surface area contributed by atoms with E-state index >= 15 is 0 Å². The molecule has 4 N–H and O–H groups in total. The van der Waals surface area contributed by atoms with Gasteiger partial charge in [0.2, 0.25) is 27.8 Å². The predicted octanol–water partition coefficient (Wildman–Crippen LogP) is 3.60. The average molecular weight is 596 g/mol. The van der Waals surface area contributed by atoms with Crippen molar-refractivity contribution in [2.24, 2.45) is 5.14 Å². The van der Waals surface area contributed by atoms with Crippen molar-refractivity contribution in [3.63, 3.8) is 0 Å². The smallest absolute Gasteiger partial charge is 0.238 e. The number of carbonyl (C=O) groups is 2. The number of rotatable bonds is 8. The first-order valence-electron chi connectivity index (χ1n) is 12.5. The summed E-state index contributed by atoms with van der Waals surface area (Å²) in [6.07, 6.45) is 1.82. The molecule has 1 aliphatic rings. The largest absolute Gasteiger partial charge is 0.347 e. The highest BCUT2D eigenvalue weighted by atomic mass is 32.2. The van der Waals surface area contributed by atoms with Crippen molar-refractivity contribution >= 4 is 49.9 Å². The molecule has 4 aromatic rings. The van der Waals surface area contributed by atoms with Gasteiger partial charge in [-0.1, -0.05) is 41.7 Å². The fourth-order valence-electron chi connectivity index (χ4n) is 4.49. The standard InChI is InChI=1S/C27H26FN7O4S2/c1-15-24(23-21(28)13-30-26(34-23)32-18-7-4-8-19(12-18)41(29,38)39)40-27(31-15)35(2)14-16-5-3-6-17(11-16)20-9-10-22(36)33-25(20)37/h3-8,11-13,20H,9-10,14H2,1-2H3,(H2,29,38,39)(H,30,32,34)(H,33,36,37). The summed E-state index contributed by atoms with van der Waals surface area (Å²) in [7, 11) is -2.04. The maximum Gasteiger partial charge on any atom is 0.238 e. The molecule has 11 nitrogen and oxygen atoms in total. The number of carbonyl (C=O) groups excluding carboxylic acids is 2. The van der Waals surface area contributed by atoms with Crippen LogP contribution in [-0.4, -0.2) is 42.2 Å². The van der Waals surface area contributed by atoms with Crippen LogP contribution in [0, 0.1) is 12.7 Å². The predicted molar refractivity (Wildman–Crippen MR) is 153 cm³/mol. The molecule has 1 unspecified atom stereocenters. The lowest BCUT2D eigenvalue weighted by Gasteiger charge is -2.22. The van der Waals surface area contributed by atoms with E-state index in [0.717, 1.165) is 17.3 Å². The molecule has 0 bridgehead atoms. The van der Waals surface area contributed by atoms with E-state index in [0.29, 0.717) is 40.8 Å². The molecule has 41 heavy (non-hydrogen) atoms. The molecule has 0 spiro atoms. The molecule has 2 aromatic heterocycles. The molecule has 3 heterocycles. The second-order valence-electron chi connectivity index (χ2n) is 9.60. The first-order chi connectivity index (χ1) is 19.5. The summed E-state index contributed by atoms with van der Waals surface area (Å²) in [4.78, 5) is 39.1. The van der Waals surface area contributed by atoms with Crippen LogP contribution in [0.25, 0.3) is 10.6 Å². The van der Waals surface area contributed by atoms with Crippen molar-refractivity contribution in [3.05, 3.63) is 77.4 Å². The van der Waals surface area contributed by atoms with Crippen LogP contribution in [-0.2, 0) is 26.2 Å². The van der Waals surface area contributed by atoms with Gasteiger partial charge >= 0.3 is 0 Å². The number of aromatic nitrogens is 3. The lowest BCUT2D eigenvalue weighted by Crippen LogP contribution is -2.39. The molecular formula is C27H26FN7O4S2. The molecule has 2 amide bonds. The molecule has 5 rings (SSSR count). The van der Waals surface area contributed by atoms with E-state index in [2.05, 4.69) is 25.6 Å². The molecule has 0 aliphatic carbocycles. The Kier molecular flexibility index (Phi) is 7.80. The summed E-state index contributed by atoms with van der Waals surface area (Å²) < 4.78 is 38.2. The molecule has 1 saturated heterocycles. The van der Waals surface area contributed by atoms with Gasteiger partial charge in [0.25, 0.3) is 0 Å². The van der Waals surface area contributed by atoms with Gasteiger partial charge in [0, 0.05) is 25.7 Å². The van der Waals surface area contributed by atoms with Crippen molar-refractivity contribution in [1.29, 1.82) is 0 Å². The topological polar surface area (TPSA) is 160 Å². The van der Waals surface area contributed by atoms with Crippen molar-refractivity contribution in [2.75, 3.05) is 17.3 Å². The number of piperidine rings is 1. The van der Waals surface area contributed by atoms with Gasteiger partial charge in [-0.15, -0.1) is 0 Å². The van der Waals surface area contributed by atoms with Crippen LogP contribution in [0.2, 0.25) is 0 Å². The summed E-state index contributed by atoms with van der Waals surface area (Å²) in [6.45, 7) is 2.24. The van der Waals surface area contributed by atoms with Gasteiger partial charge in [0.05, 0.1) is 27.6 Å². The Morgan fingerprint density at radius 3 is 2.71 bits per heavy atom. The zero-order chi connectivity index (χ0) is 29.3. The van der Waals surface area contributed by atoms with Gasteiger partial charge in [-0.05, 0) is 42.7 Å². The van der Waals surface area contributed by atoms with E-state index in [1.54, 1.807) is 13.0 Å². The zero-order valence-corrected chi connectivity index (χ0v) is 23.7. The van der Waals surface area contributed by atoms with Crippen LogP contribution >= 0.6 is 11.3 Å². The highest BCUT2D eigenvalue weighted by Crippen LogP contribution is 2.36. The minimum atomic E-state index is -3.90. The summed E-state index contributed by atoms with van der Waals surface area (Å²) in [5.74, 6) is -1.48. The number of halogens is 1. The maximum absolute atomic E-state index is 14.9. The number of sulfonamides is 1. The van der Waals surface area contributed by atoms with Crippen LogP contribution in [0.15, 0.2) is 59.6 Å². The molecule has 1 fully saturated rings. The average Bonchev–Trinajstić information content (AvgIpc) is 3.31. The number of thiazole rings is 1. The van der Waals surface area contributed by atoms with E-state index < -0.39 is 15.8 Å². The third-order valence-corrected chi connectivity index (χ3v) is 8.69. The first-order valence-corrected chi connectivity index (χ1v) is 14.9. The Morgan fingerprint density at radius 1 is 1.17 bits per heavy atom. The number of primary sulfonamides is 1. The fourth-order valence-corrected chi connectivity index (χ4v) is 6.07. The number of nitrogens with one attached hydrogen (secondary N) is 2. The molecule has 14 heteroatoms. The Morgan fingerprint density at radius 2 is 1.95 bits per heavy atom. The van der Waals surface area contributed by atoms with Crippen LogP contribution < -0.4 is 20.7 Å². The quantitative estimate of drug-likeness (QED) is 0.259. The van der Waals surface area contributed by atoms with Crippen molar-refractivity contribution in [2.45, 2.75) is 37.1 Å². The minimum Gasteiger partial charge on any atom is -0.347 e. The lowest BCUT2D eigenvalue weighted by molar-refractivity contribution is -0.134. The molecule has 2 aromatic carbocycles. The highest BCUT2D eigenvalue weighted by molar-refractivity contribution is 7.89. The fraction of sp³-hybridized carbons (Fsp3) is 0.222. The van der Waals surface area contributed by atoms with Gasteiger partial charge in [0.1, 0.15) is 5.69 Å². The molecule has 1 atom stereocenters. The number of imide groups is 1. The second-order valence-corrected chi connectivity index (χ2v) is 12.1. The maximum atomic E-state index is 14.9. The Balaban J connectivity index is 1.35. The van der Waals surface area contributed by atoms with Crippen LogP contribution in [0.1, 0.15) is 35.6 Å². The monoisotopic (exact) mass is 595 g/mol. The molecule has 212 valence electrons. The number of hydrogen-bond donors (Lipinski definition) is 3. The van der Waals surface area contributed by atoms with Gasteiger partial charge < -0.3 is 10.2 Å². The number of benzene rings is 2. The van der Waals surface area contributed by atoms with Gasteiger partial charge in [-0.3, -0.25) is 14.9 Å². The number of aryl methyl sites for hydroxylation is 1. The lowest BCUT2D eigenvalue weighted by atomic mass is 9.89. The van der Waals surface area contributed by atoms with Crippen LogP contribution in [0.4, 0.5) is 21.2 Å². The second kappa shape index (κ2) is 11.3. The van der Waals surface area contributed by atoms with Crippen molar-refractivity contribution in [1.82, 2.24) is 20.3 Å². The number of nitrogens with two attached hydrogens (primary N) is 1. The minimum absolute atomic E-state index is 0.0552. The molecular weight excluding hydrogens is 569 g/mol. The number of amides is 2. The highest BCUT2D eigenvalue weighted by Gasteiger charge is 2.28. The van der Waals surface area contributed by atoms with Crippen molar-refractivity contribution < 1.29 is 22.4 Å². The third kappa shape index (κ3) is 6.39. The SMILES string of the molecule is Cc1nc(N(C)Cc2cccc(C3CCC(=O)NC3=O)c2)sc1-c1nc(Nc2cccc(S(N)(=O)=O)c2)ncc1F. The summed E-state index contributed by atoms with van der Waals surface area (Å²) in [6, 6.07) is 13.5. The van der Waals surface area contributed by atoms with Gasteiger partial charge in [-0.25, -0.2) is 32.9 Å². The Hall–Kier alpha value is -4.27. The first kappa shape index (κ1) is 28.3. The van der Waals surface area contributed by atoms with Gasteiger partial charge in [0.15, 0.2) is 10.9 Å².